The zero-order valence-corrected chi connectivity index (χ0v) is 21.2. The minimum atomic E-state index is -4.02. The molecule has 0 unspecified atom stereocenters. The normalized spacial score (nSPS) is 14.3. The monoisotopic (exact) mass is 546 g/mol. The van der Waals surface area contributed by atoms with E-state index in [1.165, 1.54) is 12.3 Å². The van der Waals surface area contributed by atoms with Crippen LogP contribution in [0.25, 0.3) is 22.0 Å². The second-order valence-corrected chi connectivity index (χ2v) is 10.9. The number of hydrogen-bond acceptors (Lipinski definition) is 6. The predicted octanol–water partition coefficient (Wildman–Crippen LogP) is 3.10. The fourth-order valence-corrected chi connectivity index (χ4v) is 6.30. The molecule has 1 aliphatic rings. The molecule has 6 rings (SSSR count). The number of nitrogens with zero attached hydrogens (tertiary/aromatic N) is 3. The molecule has 0 spiro atoms. The Labute approximate surface area is 220 Å². The van der Waals surface area contributed by atoms with Crippen molar-refractivity contribution in [1.29, 1.82) is 0 Å². The summed E-state index contributed by atoms with van der Waals surface area (Å²) in [5.74, 6) is 0.326. The Morgan fingerprint density at radius 2 is 1.89 bits per heavy atom. The molecule has 10 nitrogen and oxygen atoms in total. The molecule has 0 bridgehead atoms. The number of anilines is 1. The lowest BCUT2D eigenvalue weighted by Crippen LogP contribution is -2.25. The van der Waals surface area contributed by atoms with E-state index in [9.17, 15) is 18.0 Å². The molecule has 3 aromatic heterocycles. The number of pyridine rings is 1. The van der Waals surface area contributed by atoms with Crippen molar-refractivity contribution >= 4 is 44.1 Å². The average Bonchev–Trinajstić information content (AvgIpc) is 3.16. The lowest BCUT2D eigenvalue weighted by atomic mass is 9.98. The maximum atomic E-state index is 13.2. The maximum Gasteiger partial charge on any atom is 0.325 e. The van der Waals surface area contributed by atoms with Crippen LogP contribution >= 0.6 is 11.6 Å². The molecule has 4 heterocycles. The molecule has 1 aliphatic heterocycles. The Hall–Kier alpha value is -4.48. The number of rotatable bonds is 4. The Morgan fingerprint density at radius 3 is 2.68 bits per heavy atom. The van der Waals surface area contributed by atoms with Crippen molar-refractivity contribution < 1.29 is 8.42 Å². The zero-order valence-electron chi connectivity index (χ0n) is 19.6. The van der Waals surface area contributed by atoms with Gasteiger partial charge in [-0.1, -0.05) is 29.8 Å². The van der Waals surface area contributed by atoms with E-state index in [-0.39, 0.29) is 29.1 Å². The van der Waals surface area contributed by atoms with Gasteiger partial charge in [0.25, 0.3) is 15.6 Å². The van der Waals surface area contributed by atoms with Gasteiger partial charge in [-0.3, -0.25) is 9.78 Å². The van der Waals surface area contributed by atoms with E-state index in [1.54, 1.807) is 54.7 Å². The van der Waals surface area contributed by atoms with Crippen molar-refractivity contribution in [3.05, 3.63) is 110 Å². The Morgan fingerprint density at radius 1 is 1.08 bits per heavy atom. The fourth-order valence-electron chi connectivity index (χ4n) is 4.87. The Balaban J connectivity index is 1.73. The molecule has 0 fully saturated rings. The van der Waals surface area contributed by atoms with Crippen molar-refractivity contribution in [3.8, 4) is 11.1 Å². The second kappa shape index (κ2) is 8.82. The largest absolute Gasteiger partial charge is 0.384 e. The molecule has 5 aromatic rings. The van der Waals surface area contributed by atoms with Crippen LogP contribution in [-0.4, -0.2) is 33.6 Å². The second-order valence-electron chi connectivity index (χ2n) is 8.84. The summed E-state index contributed by atoms with van der Waals surface area (Å²) in [5.41, 5.74) is 7.88. The molecule has 0 atom stereocenters. The number of hydrogen-bond donors (Lipinski definition) is 3. The number of aromatic nitrogens is 4. The summed E-state index contributed by atoms with van der Waals surface area (Å²) < 4.78 is 32.6. The standard InChI is InChI=1S/C26H19ClN6O4S/c27-16-5-6-20-17(11-16)23(18-12-30-26(35)31-25(18)34)24(33(20)13-14-7-8-29-22(28)9-14)19-10-15-3-1-2-4-21(15)38(36,37)32-19/h1-9,11-12H,10,13H2,(H2,28,29)(H2,30,31,34,35). The molecule has 38 heavy (non-hydrogen) atoms. The van der Waals surface area contributed by atoms with E-state index < -0.39 is 21.3 Å². The van der Waals surface area contributed by atoms with Gasteiger partial charge < -0.3 is 15.3 Å². The summed E-state index contributed by atoms with van der Waals surface area (Å²) in [4.78, 5) is 33.8. The Bertz CT molecular complexity index is 2020. The number of sulfonamides is 1. The van der Waals surface area contributed by atoms with Gasteiger partial charge in [-0.2, -0.15) is 12.8 Å². The minimum Gasteiger partial charge on any atom is -0.384 e. The third-order valence-electron chi connectivity index (χ3n) is 6.41. The van der Waals surface area contributed by atoms with E-state index in [2.05, 4.69) is 19.3 Å². The van der Waals surface area contributed by atoms with Crippen molar-refractivity contribution in [2.45, 2.75) is 17.9 Å². The molecule has 0 amide bonds. The topological polar surface area (TPSA) is 156 Å². The highest BCUT2D eigenvalue weighted by Crippen LogP contribution is 2.38. The number of benzene rings is 2. The Kier molecular flexibility index (Phi) is 5.55. The first kappa shape index (κ1) is 23.9. The number of nitrogens with two attached hydrogens (primary N) is 1. The van der Waals surface area contributed by atoms with Crippen molar-refractivity contribution in [3.63, 3.8) is 0 Å². The van der Waals surface area contributed by atoms with E-state index in [4.69, 9.17) is 17.3 Å². The highest BCUT2D eigenvalue weighted by molar-refractivity contribution is 7.90. The van der Waals surface area contributed by atoms with Crippen LogP contribution in [0.15, 0.2) is 85.9 Å². The van der Waals surface area contributed by atoms with Gasteiger partial charge in [0.15, 0.2) is 0 Å². The smallest absolute Gasteiger partial charge is 0.325 e. The van der Waals surface area contributed by atoms with Gasteiger partial charge in [0.2, 0.25) is 0 Å². The molecule has 0 radical (unpaired) electrons. The maximum absolute atomic E-state index is 13.2. The first-order chi connectivity index (χ1) is 18.2. The number of nitrogen functional groups attached to an aromatic ring is 1. The van der Waals surface area contributed by atoms with Gasteiger partial charge in [-0.25, -0.2) is 9.78 Å². The SMILES string of the molecule is Nc1cc(Cn2c(C3=NS(=O)(=O)c4ccccc4C3)c(-c3c[nH]c(=O)[nH]c3=O)c3cc(Cl)ccc32)ccn1. The first-order valence-electron chi connectivity index (χ1n) is 11.5. The van der Waals surface area contributed by atoms with Gasteiger partial charge in [-0.15, -0.1) is 0 Å². The highest BCUT2D eigenvalue weighted by Gasteiger charge is 2.31. The molecule has 4 N–H and O–H groups in total. The quantitative estimate of drug-likeness (QED) is 0.314. The molecular weight excluding hydrogens is 528 g/mol. The molecule has 190 valence electrons. The van der Waals surface area contributed by atoms with Crippen LogP contribution in [0.2, 0.25) is 5.02 Å². The molecule has 0 saturated heterocycles. The summed E-state index contributed by atoms with van der Waals surface area (Å²) in [6, 6.07) is 15.4. The van der Waals surface area contributed by atoms with Crippen LogP contribution in [0, 0.1) is 0 Å². The average molecular weight is 547 g/mol. The van der Waals surface area contributed by atoms with Crippen molar-refractivity contribution in [2.75, 3.05) is 5.73 Å². The summed E-state index contributed by atoms with van der Waals surface area (Å²) in [6.45, 7) is 0.266. The number of H-pyrrole nitrogens is 2. The number of halogens is 1. The van der Waals surface area contributed by atoms with Crippen molar-refractivity contribution in [1.82, 2.24) is 19.5 Å². The van der Waals surface area contributed by atoms with Crippen LogP contribution in [0.3, 0.4) is 0 Å². The van der Waals surface area contributed by atoms with Crippen LogP contribution < -0.4 is 17.0 Å². The lowest BCUT2D eigenvalue weighted by Gasteiger charge is -2.19. The third-order valence-corrected chi connectivity index (χ3v) is 8.06. The van der Waals surface area contributed by atoms with E-state index >= 15 is 0 Å². The van der Waals surface area contributed by atoms with Gasteiger partial charge in [0, 0.05) is 46.8 Å². The van der Waals surface area contributed by atoms with E-state index in [1.807, 2.05) is 4.57 Å². The molecule has 0 saturated carbocycles. The van der Waals surface area contributed by atoms with Crippen LogP contribution in [0.5, 0.6) is 0 Å². The lowest BCUT2D eigenvalue weighted by molar-refractivity contribution is 0.596. The van der Waals surface area contributed by atoms with Gasteiger partial charge in [-0.05, 0) is 47.5 Å². The third kappa shape index (κ3) is 4.01. The first-order valence-corrected chi connectivity index (χ1v) is 13.3. The van der Waals surface area contributed by atoms with Gasteiger partial charge in [0.1, 0.15) is 5.82 Å². The van der Waals surface area contributed by atoms with Gasteiger partial charge in [0.05, 0.1) is 21.9 Å². The van der Waals surface area contributed by atoms with Crippen molar-refractivity contribution in [2.24, 2.45) is 4.40 Å². The number of fused-ring (bicyclic) bond motifs is 2. The molecular formula is C26H19ClN6O4S. The molecule has 12 heteroatoms. The van der Waals surface area contributed by atoms with E-state index in [0.29, 0.717) is 38.6 Å². The summed E-state index contributed by atoms with van der Waals surface area (Å²) in [7, 11) is -4.02. The fraction of sp³-hybridized carbons (Fsp3) is 0.0769. The molecule has 2 aromatic carbocycles. The predicted molar refractivity (Wildman–Crippen MR) is 145 cm³/mol. The number of nitrogens with one attached hydrogen (secondary N) is 2. The number of aromatic amines is 2. The molecule has 0 aliphatic carbocycles. The summed E-state index contributed by atoms with van der Waals surface area (Å²) in [6.07, 6.45) is 3.09. The van der Waals surface area contributed by atoms with Crippen LogP contribution in [0.4, 0.5) is 5.82 Å². The highest BCUT2D eigenvalue weighted by atomic mass is 35.5. The summed E-state index contributed by atoms with van der Waals surface area (Å²) in [5, 5.41) is 1.01. The van der Waals surface area contributed by atoms with Crippen LogP contribution in [0.1, 0.15) is 16.8 Å². The summed E-state index contributed by atoms with van der Waals surface area (Å²) >= 11 is 6.38. The zero-order chi connectivity index (χ0) is 26.6. The minimum absolute atomic E-state index is 0.138. The van der Waals surface area contributed by atoms with Crippen LogP contribution in [-0.2, 0) is 23.0 Å². The van der Waals surface area contributed by atoms with E-state index in [0.717, 1.165) is 5.56 Å². The van der Waals surface area contributed by atoms with Gasteiger partial charge >= 0.3 is 5.69 Å².